The van der Waals surface area contributed by atoms with E-state index in [-0.39, 0.29) is 5.56 Å². The molecule has 0 radical (unpaired) electrons. The highest BCUT2D eigenvalue weighted by Crippen LogP contribution is 2.22. The topological polar surface area (TPSA) is 63.4 Å². The van der Waals surface area contributed by atoms with Gasteiger partial charge in [0.25, 0.3) is 0 Å². The van der Waals surface area contributed by atoms with Crippen LogP contribution < -0.4 is 10.6 Å². The quantitative estimate of drug-likeness (QED) is 0.787. The number of nitrogens with two attached hydrogens (primary N) is 1. The number of carbonyl (C=O) groups excluding carboxylic acids is 2. The van der Waals surface area contributed by atoms with Crippen molar-refractivity contribution in [3.8, 4) is 0 Å². The molecule has 1 aromatic carbocycles. The van der Waals surface area contributed by atoms with Crippen LogP contribution in [0.5, 0.6) is 0 Å². The molecule has 0 aliphatic heterocycles. The van der Waals surface area contributed by atoms with E-state index in [1.807, 2.05) is 6.92 Å². The Kier molecular flexibility index (Phi) is 4.20. The summed E-state index contributed by atoms with van der Waals surface area (Å²) in [6.45, 7) is 3.97. The Hall–Kier alpha value is -1.91. The number of halogens is 1. The zero-order valence-corrected chi connectivity index (χ0v) is 9.81. The predicted octanol–water partition coefficient (Wildman–Crippen LogP) is 1.34. The van der Waals surface area contributed by atoms with Gasteiger partial charge in [-0.05, 0) is 32.0 Å². The van der Waals surface area contributed by atoms with Crippen LogP contribution >= 0.6 is 0 Å². The first-order valence-corrected chi connectivity index (χ1v) is 5.32. The number of anilines is 1. The summed E-state index contributed by atoms with van der Waals surface area (Å²) < 4.78 is 13.0. The smallest absolute Gasteiger partial charge is 0.239 e. The Morgan fingerprint density at radius 3 is 2.71 bits per heavy atom. The van der Waals surface area contributed by atoms with Crippen LogP contribution in [0.3, 0.4) is 0 Å². The summed E-state index contributed by atoms with van der Waals surface area (Å²) in [5.74, 6) is -0.980. The molecule has 2 N–H and O–H groups in total. The summed E-state index contributed by atoms with van der Waals surface area (Å²) in [5.41, 5.74) is 5.95. The third-order valence-corrected chi connectivity index (χ3v) is 2.65. The van der Waals surface area contributed by atoms with Gasteiger partial charge < -0.3 is 10.6 Å². The highest BCUT2D eigenvalue weighted by atomic mass is 19.1. The van der Waals surface area contributed by atoms with Crippen LogP contribution in [0, 0.1) is 5.82 Å². The van der Waals surface area contributed by atoms with Crippen molar-refractivity contribution in [3.05, 3.63) is 29.6 Å². The fourth-order valence-electron chi connectivity index (χ4n) is 1.69. The molecule has 0 aliphatic carbocycles. The predicted molar refractivity (Wildman–Crippen MR) is 63.5 cm³/mol. The first-order valence-electron chi connectivity index (χ1n) is 5.32. The number of carbonyl (C=O) groups is 2. The van der Waals surface area contributed by atoms with E-state index in [1.54, 1.807) is 11.8 Å². The Balaban J connectivity index is 3.20. The molecule has 5 heteroatoms. The van der Waals surface area contributed by atoms with Crippen LogP contribution in [0.2, 0.25) is 0 Å². The molecule has 0 spiro atoms. The van der Waals surface area contributed by atoms with Gasteiger partial charge in [0.05, 0.1) is 0 Å². The maximum atomic E-state index is 13.0. The zero-order chi connectivity index (χ0) is 13.0. The number of hydrogen-bond acceptors (Lipinski definition) is 3. The van der Waals surface area contributed by atoms with E-state index in [9.17, 15) is 14.0 Å². The molecule has 0 fully saturated rings. The van der Waals surface area contributed by atoms with E-state index in [0.717, 1.165) is 6.07 Å². The van der Waals surface area contributed by atoms with Gasteiger partial charge in [-0.3, -0.25) is 9.59 Å². The van der Waals surface area contributed by atoms with Gasteiger partial charge in [0, 0.05) is 17.8 Å². The molecule has 1 aromatic rings. The van der Waals surface area contributed by atoms with Crippen molar-refractivity contribution in [2.75, 3.05) is 11.4 Å². The number of rotatable bonds is 5. The minimum Gasteiger partial charge on any atom is -0.368 e. The van der Waals surface area contributed by atoms with Gasteiger partial charge in [0.15, 0.2) is 6.29 Å². The molecule has 1 atom stereocenters. The van der Waals surface area contributed by atoms with Crippen molar-refractivity contribution in [2.45, 2.75) is 19.9 Å². The summed E-state index contributed by atoms with van der Waals surface area (Å²) in [4.78, 5) is 23.7. The molecule has 0 aliphatic rings. The van der Waals surface area contributed by atoms with Gasteiger partial charge in [0.2, 0.25) is 5.91 Å². The van der Waals surface area contributed by atoms with E-state index in [2.05, 4.69) is 0 Å². The molecule has 0 aromatic heterocycles. The second-order valence-corrected chi connectivity index (χ2v) is 3.69. The van der Waals surface area contributed by atoms with Crippen LogP contribution in [-0.4, -0.2) is 24.8 Å². The normalized spacial score (nSPS) is 11.9. The fraction of sp³-hybridized carbons (Fsp3) is 0.333. The lowest BCUT2D eigenvalue weighted by Crippen LogP contribution is -2.43. The summed E-state index contributed by atoms with van der Waals surface area (Å²) in [5, 5.41) is 0. The average molecular weight is 238 g/mol. The number of aldehydes is 1. The van der Waals surface area contributed by atoms with Crippen LogP contribution in [0.25, 0.3) is 0 Å². The van der Waals surface area contributed by atoms with E-state index in [0.29, 0.717) is 18.5 Å². The number of likely N-dealkylation sites (N-methyl/N-ethyl adjacent to an activating group) is 1. The number of benzene rings is 1. The van der Waals surface area contributed by atoms with Gasteiger partial charge in [-0.25, -0.2) is 4.39 Å². The second-order valence-electron chi connectivity index (χ2n) is 3.69. The molecular weight excluding hydrogens is 223 g/mol. The third-order valence-electron chi connectivity index (χ3n) is 2.65. The van der Waals surface area contributed by atoms with Crippen LogP contribution in [-0.2, 0) is 4.79 Å². The summed E-state index contributed by atoms with van der Waals surface area (Å²) in [6, 6.07) is 3.31. The Bertz CT molecular complexity index is 435. The molecular formula is C12H15FN2O2. The van der Waals surface area contributed by atoms with Crippen LogP contribution in [0.1, 0.15) is 24.2 Å². The number of amides is 1. The largest absolute Gasteiger partial charge is 0.368 e. The van der Waals surface area contributed by atoms with Gasteiger partial charge >= 0.3 is 0 Å². The Morgan fingerprint density at radius 1 is 1.59 bits per heavy atom. The highest BCUT2D eigenvalue weighted by Gasteiger charge is 2.20. The molecule has 0 bridgehead atoms. The minimum absolute atomic E-state index is 0.208. The first-order chi connectivity index (χ1) is 8.01. The van der Waals surface area contributed by atoms with Gasteiger partial charge in [-0.15, -0.1) is 0 Å². The van der Waals surface area contributed by atoms with Gasteiger partial charge in [-0.2, -0.15) is 0 Å². The van der Waals surface area contributed by atoms with Crippen molar-refractivity contribution in [1.82, 2.24) is 0 Å². The van der Waals surface area contributed by atoms with Gasteiger partial charge in [-0.1, -0.05) is 0 Å². The molecule has 4 nitrogen and oxygen atoms in total. The van der Waals surface area contributed by atoms with Crippen LogP contribution in [0.15, 0.2) is 18.2 Å². The Morgan fingerprint density at radius 2 is 2.24 bits per heavy atom. The van der Waals surface area contributed by atoms with Crippen LogP contribution in [0.4, 0.5) is 10.1 Å². The maximum absolute atomic E-state index is 13.0. The number of nitrogens with zero attached hydrogens (tertiary/aromatic N) is 1. The Labute approximate surface area is 99.2 Å². The maximum Gasteiger partial charge on any atom is 0.239 e. The zero-order valence-electron chi connectivity index (χ0n) is 9.81. The van der Waals surface area contributed by atoms with Crippen molar-refractivity contribution < 1.29 is 14.0 Å². The molecule has 92 valence electrons. The third kappa shape index (κ3) is 2.81. The van der Waals surface area contributed by atoms with E-state index in [4.69, 9.17) is 5.73 Å². The lowest BCUT2D eigenvalue weighted by Gasteiger charge is -2.29. The lowest BCUT2D eigenvalue weighted by molar-refractivity contribution is -0.118. The fourth-order valence-corrected chi connectivity index (χ4v) is 1.69. The minimum atomic E-state index is -0.552. The molecule has 1 rings (SSSR count). The lowest BCUT2D eigenvalue weighted by atomic mass is 10.1. The van der Waals surface area contributed by atoms with Crippen molar-refractivity contribution in [2.24, 2.45) is 5.73 Å². The van der Waals surface area contributed by atoms with E-state index in [1.165, 1.54) is 12.1 Å². The van der Waals surface area contributed by atoms with E-state index < -0.39 is 17.8 Å². The molecule has 17 heavy (non-hydrogen) atoms. The monoisotopic (exact) mass is 238 g/mol. The summed E-state index contributed by atoms with van der Waals surface area (Å²) in [7, 11) is 0. The standard InChI is InChI=1S/C12H15FN2O2/c1-3-15(8(2)12(14)17)11-5-4-10(13)6-9(11)7-16/h4-8H,3H2,1-2H3,(H2,14,17). The highest BCUT2D eigenvalue weighted by molar-refractivity contribution is 5.88. The molecule has 0 heterocycles. The molecule has 1 unspecified atom stereocenters. The van der Waals surface area contributed by atoms with Crippen molar-refractivity contribution >= 4 is 17.9 Å². The van der Waals surface area contributed by atoms with Crippen molar-refractivity contribution in [1.29, 1.82) is 0 Å². The van der Waals surface area contributed by atoms with E-state index >= 15 is 0 Å². The number of hydrogen-bond donors (Lipinski definition) is 1. The molecule has 0 saturated carbocycles. The number of primary amides is 1. The molecule has 0 saturated heterocycles. The second kappa shape index (κ2) is 5.43. The molecule has 1 amide bonds. The first kappa shape index (κ1) is 13.2. The van der Waals surface area contributed by atoms with Gasteiger partial charge in [0.1, 0.15) is 11.9 Å². The van der Waals surface area contributed by atoms with Crippen molar-refractivity contribution in [3.63, 3.8) is 0 Å². The SMILES string of the molecule is CCN(c1ccc(F)cc1C=O)C(C)C(N)=O. The average Bonchev–Trinajstić information content (AvgIpc) is 2.31. The summed E-state index contributed by atoms with van der Waals surface area (Å²) in [6.07, 6.45) is 0.564. The summed E-state index contributed by atoms with van der Waals surface area (Å²) >= 11 is 0.